The Kier molecular flexibility index (Phi) is 9.77. The van der Waals surface area contributed by atoms with Gasteiger partial charge in [0, 0.05) is 25.5 Å². The van der Waals surface area contributed by atoms with Gasteiger partial charge in [0.05, 0.1) is 27.4 Å². The highest BCUT2D eigenvalue weighted by Crippen LogP contribution is 2.28. The van der Waals surface area contributed by atoms with E-state index in [1.165, 1.54) is 4.31 Å². The summed E-state index contributed by atoms with van der Waals surface area (Å²) in [5, 5.41) is 8.30. The fourth-order valence-corrected chi connectivity index (χ4v) is 5.29. The summed E-state index contributed by atoms with van der Waals surface area (Å²) in [7, 11) is -0.772. The Morgan fingerprint density at radius 3 is 1.78 bits per heavy atom. The van der Waals surface area contributed by atoms with E-state index in [0.29, 0.717) is 11.5 Å². The monoisotopic (exact) mass is 515 g/mol. The first kappa shape index (κ1) is 27.5. The molecule has 0 radical (unpaired) electrons. The molecule has 36 heavy (non-hydrogen) atoms. The zero-order chi connectivity index (χ0) is 26.1. The minimum atomic E-state index is -3.93. The molecule has 0 fully saturated rings. The van der Waals surface area contributed by atoms with Gasteiger partial charge in [0.1, 0.15) is 22.9 Å². The first-order valence-electron chi connectivity index (χ1n) is 11.5. The molecule has 1 aromatic heterocycles. The molecule has 0 amide bonds. The van der Waals surface area contributed by atoms with Gasteiger partial charge in [-0.2, -0.15) is 4.31 Å². The fraction of sp³-hybridized carbons (Fsp3) is 0.385. The summed E-state index contributed by atoms with van der Waals surface area (Å²) in [5.41, 5.74) is 2.45. The van der Waals surface area contributed by atoms with Crippen LogP contribution in [0.2, 0.25) is 0 Å². The number of nitrogens with zero attached hydrogens (tertiary/aromatic N) is 3. The molecule has 0 aliphatic carbocycles. The highest BCUT2D eigenvalue weighted by atomic mass is 32.2. The Balaban J connectivity index is 1.96. The lowest BCUT2D eigenvalue weighted by molar-refractivity contribution is 0.0217. The number of ether oxygens (including phenoxy) is 3. The summed E-state index contributed by atoms with van der Waals surface area (Å²) in [6, 6.07) is 14.5. The smallest absolute Gasteiger partial charge is 0.220 e. The molecule has 1 heterocycles. The van der Waals surface area contributed by atoms with E-state index < -0.39 is 21.4 Å². The normalized spacial score (nSPS) is 13.4. The minimum absolute atomic E-state index is 0.0429. The molecule has 1 N–H and O–H groups in total. The zero-order valence-electron chi connectivity index (χ0n) is 21.0. The van der Waals surface area contributed by atoms with E-state index in [4.69, 9.17) is 14.2 Å². The molecule has 0 aliphatic heterocycles. The van der Waals surface area contributed by atoms with Gasteiger partial charge >= 0.3 is 0 Å². The van der Waals surface area contributed by atoms with Crippen LogP contribution in [0.3, 0.4) is 0 Å². The number of aliphatic hydroxyl groups is 1. The molecule has 10 heteroatoms. The maximum atomic E-state index is 14.0. The van der Waals surface area contributed by atoms with Crippen molar-refractivity contribution in [3.8, 4) is 11.5 Å². The molecule has 0 bridgehead atoms. The second-order valence-electron chi connectivity index (χ2n) is 8.35. The number of methoxy groups -OCH3 is 2. The van der Waals surface area contributed by atoms with Crippen LogP contribution < -0.4 is 9.47 Å². The molecular formula is C26H33N3O6S. The van der Waals surface area contributed by atoms with Gasteiger partial charge in [0.25, 0.3) is 0 Å². The van der Waals surface area contributed by atoms with Crippen LogP contribution in [0.1, 0.15) is 35.5 Å². The molecule has 2 atom stereocenters. The van der Waals surface area contributed by atoms with Gasteiger partial charge in [-0.05, 0) is 54.8 Å². The van der Waals surface area contributed by atoms with Crippen LogP contribution in [0.15, 0.2) is 60.9 Å². The van der Waals surface area contributed by atoms with E-state index in [1.54, 1.807) is 57.8 Å². The highest BCUT2D eigenvalue weighted by Gasteiger charge is 2.37. The lowest BCUT2D eigenvalue weighted by Gasteiger charge is -2.30. The van der Waals surface area contributed by atoms with E-state index in [0.717, 1.165) is 16.7 Å². The van der Waals surface area contributed by atoms with Crippen LogP contribution in [-0.4, -0.2) is 60.5 Å². The zero-order valence-corrected chi connectivity index (χ0v) is 21.8. The predicted octanol–water partition coefficient (Wildman–Crippen LogP) is 3.27. The molecule has 3 rings (SSSR count). The number of hydrogen-bond acceptors (Lipinski definition) is 8. The van der Waals surface area contributed by atoms with E-state index in [2.05, 4.69) is 9.97 Å². The molecular weight excluding hydrogens is 482 g/mol. The van der Waals surface area contributed by atoms with Gasteiger partial charge in [0.2, 0.25) is 10.0 Å². The lowest BCUT2D eigenvalue weighted by atomic mass is 10.2. The largest absolute Gasteiger partial charge is 0.497 e. The third kappa shape index (κ3) is 7.01. The van der Waals surface area contributed by atoms with Crippen LogP contribution in [0.4, 0.5) is 0 Å². The molecule has 9 nitrogen and oxygen atoms in total. The van der Waals surface area contributed by atoms with E-state index in [9.17, 15) is 13.5 Å². The Morgan fingerprint density at radius 1 is 0.889 bits per heavy atom. The average molecular weight is 516 g/mol. The Morgan fingerprint density at radius 2 is 1.36 bits per heavy atom. The van der Waals surface area contributed by atoms with E-state index >= 15 is 0 Å². The molecule has 0 saturated heterocycles. The van der Waals surface area contributed by atoms with Crippen LogP contribution in [-0.2, 0) is 27.8 Å². The van der Waals surface area contributed by atoms with Gasteiger partial charge in [0.15, 0.2) is 5.82 Å². The predicted molar refractivity (Wildman–Crippen MR) is 136 cm³/mol. The molecule has 0 unspecified atom stereocenters. The number of aromatic nitrogens is 2. The van der Waals surface area contributed by atoms with Crippen molar-refractivity contribution in [1.29, 1.82) is 0 Å². The summed E-state index contributed by atoms with van der Waals surface area (Å²) in [6.45, 7) is 3.41. The number of rotatable bonds is 13. The van der Waals surface area contributed by atoms with Crippen molar-refractivity contribution >= 4 is 10.0 Å². The Hall–Kier alpha value is -3.05. The summed E-state index contributed by atoms with van der Waals surface area (Å²) in [6.07, 6.45) is 2.27. The summed E-state index contributed by atoms with van der Waals surface area (Å²) < 4.78 is 45.7. The standard InChI is InChI=1S/C26H33N3O6S/c1-19-15-27-26(28-16-19)25(35-14-13-30)20(2)36(31,32)29(17-21-5-9-23(33-3)10-6-21)18-22-7-11-24(34-4)12-8-22/h5-12,15-16,20,25,30H,13-14,17-18H2,1-4H3/t20-,25-/m0/s1. The van der Waals surface area contributed by atoms with Crippen molar-refractivity contribution in [3.63, 3.8) is 0 Å². The number of sulfonamides is 1. The van der Waals surface area contributed by atoms with Crippen LogP contribution in [0.5, 0.6) is 11.5 Å². The Bertz CT molecular complexity index is 1140. The van der Waals surface area contributed by atoms with Crippen molar-refractivity contribution in [1.82, 2.24) is 14.3 Å². The first-order chi connectivity index (χ1) is 17.3. The molecule has 194 valence electrons. The number of aliphatic hydroxyl groups excluding tert-OH is 1. The highest BCUT2D eigenvalue weighted by molar-refractivity contribution is 7.89. The molecule has 0 saturated carbocycles. The van der Waals surface area contributed by atoms with Crippen molar-refractivity contribution in [2.75, 3.05) is 27.4 Å². The van der Waals surface area contributed by atoms with Crippen molar-refractivity contribution in [2.45, 2.75) is 38.3 Å². The minimum Gasteiger partial charge on any atom is -0.497 e. The van der Waals surface area contributed by atoms with Gasteiger partial charge in [-0.1, -0.05) is 24.3 Å². The lowest BCUT2D eigenvalue weighted by Crippen LogP contribution is -2.40. The number of benzene rings is 2. The summed E-state index contributed by atoms with van der Waals surface area (Å²) in [5.74, 6) is 1.62. The molecule has 3 aromatic rings. The second-order valence-corrected chi connectivity index (χ2v) is 10.6. The first-order valence-corrected chi connectivity index (χ1v) is 13.0. The van der Waals surface area contributed by atoms with Gasteiger partial charge in [-0.3, -0.25) is 0 Å². The topological polar surface area (TPSA) is 111 Å². The van der Waals surface area contributed by atoms with Crippen LogP contribution >= 0.6 is 0 Å². The maximum Gasteiger partial charge on any atom is 0.220 e. The van der Waals surface area contributed by atoms with Crippen molar-refractivity contribution in [3.05, 3.63) is 83.4 Å². The fourth-order valence-electron chi connectivity index (χ4n) is 3.65. The maximum absolute atomic E-state index is 14.0. The van der Waals surface area contributed by atoms with Gasteiger partial charge in [-0.15, -0.1) is 0 Å². The second kappa shape index (κ2) is 12.8. The molecule has 0 aliphatic rings. The molecule has 0 spiro atoms. The van der Waals surface area contributed by atoms with Gasteiger partial charge in [-0.25, -0.2) is 18.4 Å². The summed E-state index contributed by atoms with van der Waals surface area (Å²) >= 11 is 0. The third-order valence-corrected chi connectivity index (χ3v) is 7.90. The van der Waals surface area contributed by atoms with E-state index in [-0.39, 0.29) is 32.1 Å². The third-order valence-electron chi connectivity index (χ3n) is 5.74. The van der Waals surface area contributed by atoms with Crippen LogP contribution in [0.25, 0.3) is 0 Å². The number of hydrogen-bond donors (Lipinski definition) is 1. The van der Waals surface area contributed by atoms with Crippen molar-refractivity contribution in [2.24, 2.45) is 0 Å². The van der Waals surface area contributed by atoms with Gasteiger partial charge < -0.3 is 19.3 Å². The van der Waals surface area contributed by atoms with Crippen molar-refractivity contribution < 1.29 is 27.7 Å². The average Bonchev–Trinajstić information content (AvgIpc) is 2.90. The molecule has 2 aromatic carbocycles. The van der Waals surface area contributed by atoms with E-state index in [1.807, 2.05) is 31.2 Å². The Labute approximate surface area is 212 Å². The number of aryl methyl sites for hydroxylation is 1. The van der Waals surface area contributed by atoms with Crippen LogP contribution in [0, 0.1) is 6.92 Å². The summed E-state index contributed by atoms with van der Waals surface area (Å²) in [4.78, 5) is 8.61. The quantitative estimate of drug-likeness (QED) is 0.369. The SMILES string of the molecule is COc1ccc(CN(Cc2ccc(OC)cc2)S(=O)(=O)[C@@H](C)[C@H](OCCO)c2ncc(C)cn2)cc1.